The third kappa shape index (κ3) is 2.31. The van der Waals surface area contributed by atoms with Gasteiger partial charge in [-0.05, 0) is 29.8 Å². The second-order valence-corrected chi connectivity index (χ2v) is 5.15. The van der Waals surface area contributed by atoms with Crippen molar-refractivity contribution in [2.24, 2.45) is 0 Å². The highest BCUT2D eigenvalue weighted by molar-refractivity contribution is 9.10. The summed E-state index contributed by atoms with van der Waals surface area (Å²) in [5, 5.41) is 19.6. The molecule has 0 amide bonds. The fourth-order valence-corrected chi connectivity index (χ4v) is 2.28. The van der Waals surface area contributed by atoms with Crippen LogP contribution in [-0.4, -0.2) is 20.2 Å². The second kappa shape index (κ2) is 5.07. The van der Waals surface area contributed by atoms with Crippen LogP contribution in [0.2, 0.25) is 5.28 Å². The Bertz CT molecular complexity index is 838. The number of halogens is 2. The molecule has 98 valence electrons. The summed E-state index contributed by atoms with van der Waals surface area (Å²) in [5.74, 6) is 0.489. The minimum absolute atomic E-state index is 0.0951. The molecule has 0 unspecified atom stereocenters. The molecule has 0 aliphatic rings. The fourth-order valence-electron chi connectivity index (χ4n) is 1.75. The molecule has 3 aromatic rings. The maximum absolute atomic E-state index is 9.13. The van der Waals surface area contributed by atoms with Gasteiger partial charge < -0.3 is 5.32 Å². The van der Waals surface area contributed by atoms with E-state index in [1.165, 1.54) is 0 Å². The van der Waals surface area contributed by atoms with Crippen molar-refractivity contribution in [3.05, 3.63) is 39.7 Å². The molecule has 20 heavy (non-hydrogen) atoms. The molecule has 0 atom stereocenters. The number of fused-ring (bicyclic) bond motifs is 1. The van der Waals surface area contributed by atoms with Crippen molar-refractivity contribution >= 4 is 50.1 Å². The number of rotatable bonds is 2. The first kappa shape index (κ1) is 12.8. The van der Waals surface area contributed by atoms with Crippen molar-refractivity contribution in [2.45, 2.75) is 0 Å². The number of hydrogen-bond acceptors (Lipinski definition) is 5. The topological polar surface area (TPSA) is 90.3 Å². The Hall–Kier alpha value is -2.17. The Labute approximate surface area is 126 Å². The van der Waals surface area contributed by atoms with Crippen LogP contribution in [0.25, 0.3) is 11.0 Å². The molecule has 1 aromatic carbocycles. The van der Waals surface area contributed by atoms with Crippen LogP contribution >= 0.6 is 27.5 Å². The van der Waals surface area contributed by atoms with Crippen molar-refractivity contribution in [3.8, 4) is 6.07 Å². The highest BCUT2D eigenvalue weighted by Gasteiger charge is 2.11. The van der Waals surface area contributed by atoms with Crippen LogP contribution in [0.4, 0.5) is 11.5 Å². The average Bonchev–Trinajstić information content (AvgIpc) is 2.87. The maximum atomic E-state index is 9.13. The molecule has 2 heterocycles. The van der Waals surface area contributed by atoms with Gasteiger partial charge >= 0.3 is 0 Å². The summed E-state index contributed by atoms with van der Waals surface area (Å²) in [6, 6.07) is 7.41. The number of H-pyrrole nitrogens is 1. The molecular formula is C12H6BrClN6. The Morgan fingerprint density at radius 3 is 3.00 bits per heavy atom. The summed E-state index contributed by atoms with van der Waals surface area (Å²) in [5.41, 5.74) is 1.65. The Balaban J connectivity index is 2.12. The number of aromatic amines is 1. The summed E-state index contributed by atoms with van der Waals surface area (Å²) in [4.78, 5) is 8.15. The summed E-state index contributed by atoms with van der Waals surface area (Å²) < 4.78 is 0.850. The normalized spacial score (nSPS) is 10.4. The van der Waals surface area contributed by atoms with Crippen LogP contribution < -0.4 is 5.32 Å². The predicted octanol–water partition coefficient (Wildman–Crippen LogP) is 3.38. The molecule has 0 saturated carbocycles. The third-order valence-corrected chi connectivity index (χ3v) is 3.30. The van der Waals surface area contributed by atoms with Crippen molar-refractivity contribution in [1.82, 2.24) is 20.2 Å². The van der Waals surface area contributed by atoms with E-state index in [9.17, 15) is 0 Å². The van der Waals surface area contributed by atoms with Gasteiger partial charge in [-0.25, -0.2) is 0 Å². The Kier molecular flexibility index (Phi) is 3.26. The van der Waals surface area contributed by atoms with Gasteiger partial charge in [-0.2, -0.15) is 20.3 Å². The molecule has 0 aliphatic heterocycles. The summed E-state index contributed by atoms with van der Waals surface area (Å²) in [6.07, 6.45) is 1.60. The maximum Gasteiger partial charge on any atom is 0.226 e. The molecule has 0 bridgehead atoms. The molecule has 2 N–H and O–H groups in total. The van der Waals surface area contributed by atoms with Gasteiger partial charge in [0.15, 0.2) is 5.65 Å². The standard InChI is InChI=1S/C12H6BrClN6/c13-7-2-1-6(4-15)9(3-7)17-10-8-5-16-20-11(8)19-12(14)18-10/h1-3,5H,(H2,16,17,18,19,20). The van der Waals surface area contributed by atoms with Crippen molar-refractivity contribution in [1.29, 1.82) is 5.26 Å². The number of aromatic nitrogens is 4. The SMILES string of the molecule is N#Cc1ccc(Br)cc1Nc1nc(Cl)nc2[nH]ncc12. The lowest BCUT2D eigenvalue weighted by atomic mass is 10.2. The fraction of sp³-hybridized carbons (Fsp3) is 0. The summed E-state index contributed by atoms with van der Waals surface area (Å²) in [7, 11) is 0. The van der Waals surface area contributed by atoms with Crippen molar-refractivity contribution in [3.63, 3.8) is 0 Å². The van der Waals surface area contributed by atoms with Gasteiger partial charge in [-0.3, -0.25) is 5.10 Å². The van der Waals surface area contributed by atoms with Crippen LogP contribution in [-0.2, 0) is 0 Å². The molecule has 0 spiro atoms. The van der Waals surface area contributed by atoms with Crippen LogP contribution in [0.5, 0.6) is 0 Å². The highest BCUT2D eigenvalue weighted by atomic mass is 79.9. The van der Waals surface area contributed by atoms with E-state index in [1.54, 1.807) is 24.4 Å². The first-order valence-corrected chi connectivity index (χ1v) is 6.68. The predicted molar refractivity (Wildman–Crippen MR) is 78.8 cm³/mol. The smallest absolute Gasteiger partial charge is 0.226 e. The monoisotopic (exact) mass is 348 g/mol. The third-order valence-electron chi connectivity index (χ3n) is 2.64. The molecule has 0 saturated heterocycles. The van der Waals surface area contributed by atoms with Crippen LogP contribution in [0.3, 0.4) is 0 Å². The van der Waals surface area contributed by atoms with E-state index in [0.29, 0.717) is 28.1 Å². The number of nitriles is 1. The molecule has 6 nitrogen and oxygen atoms in total. The molecule has 2 aromatic heterocycles. The van der Waals surface area contributed by atoms with Gasteiger partial charge in [0.05, 0.1) is 22.8 Å². The van der Waals surface area contributed by atoms with E-state index >= 15 is 0 Å². The van der Waals surface area contributed by atoms with Gasteiger partial charge in [-0.1, -0.05) is 15.9 Å². The molecular weight excluding hydrogens is 344 g/mol. The minimum atomic E-state index is 0.0951. The van der Waals surface area contributed by atoms with Crippen LogP contribution in [0.1, 0.15) is 5.56 Å². The number of nitrogens with one attached hydrogen (secondary N) is 2. The minimum Gasteiger partial charge on any atom is -0.338 e. The number of nitrogens with zero attached hydrogens (tertiary/aromatic N) is 4. The Morgan fingerprint density at radius 1 is 1.35 bits per heavy atom. The van der Waals surface area contributed by atoms with E-state index < -0.39 is 0 Å². The summed E-state index contributed by atoms with van der Waals surface area (Å²) >= 11 is 9.24. The zero-order chi connectivity index (χ0) is 14.1. The van der Waals surface area contributed by atoms with Gasteiger partial charge in [0.2, 0.25) is 5.28 Å². The van der Waals surface area contributed by atoms with E-state index in [0.717, 1.165) is 4.47 Å². The lowest BCUT2D eigenvalue weighted by Gasteiger charge is -2.08. The zero-order valence-corrected chi connectivity index (χ0v) is 12.2. The first-order valence-electron chi connectivity index (χ1n) is 5.50. The van der Waals surface area contributed by atoms with Gasteiger partial charge in [0.1, 0.15) is 11.9 Å². The molecule has 3 rings (SSSR count). The van der Waals surface area contributed by atoms with Gasteiger partial charge in [-0.15, -0.1) is 0 Å². The van der Waals surface area contributed by atoms with E-state index in [1.807, 2.05) is 0 Å². The van der Waals surface area contributed by atoms with Crippen LogP contribution in [0, 0.1) is 11.3 Å². The molecule has 8 heteroatoms. The highest BCUT2D eigenvalue weighted by Crippen LogP contribution is 2.27. The number of anilines is 2. The lowest BCUT2D eigenvalue weighted by Crippen LogP contribution is -1.98. The van der Waals surface area contributed by atoms with Gasteiger partial charge in [0.25, 0.3) is 0 Å². The van der Waals surface area contributed by atoms with Crippen LogP contribution in [0.15, 0.2) is 28.9 Å². The largest absolute Gasteiger partial charge is 0.338 e. The van der Waals surface area contributed by atoms with E-state index in [4.69, 9.17) is 16.9 Å². The first-order chi connectivity index (χ1) is 9.67. The van der Waals surface area contributed by atoms with Gasteiger partial charge in [0, 0.05) is 4.47 Å². The molecule has 0 aliphatic carbocycles. The van der Waals surface area contributed by atoms with Crippen molar-refractivity contribution in [2.75, 3.05) is 5.32 Å². The molecule has 0 radical (unpaired) electrons. The average molecular weight is 350 g/mol. The zero-order valence-electron chi connectivity index (χ0n) is 9.85. The second-order valence-electron chi connectivity index (χ2n) is 3.90. The number of hydrogen-bond donors (Lipinski definition) is 2. The Morgan fingerprint density at radius 2 is 2.20 bits per heavy atom. The van der Waals surface area contributed by atoms with E-state index in [2.05, 4.69) is 47.5 Å². The summed E-state index contributed by atoms with van der Waals surface area (Å²) in [6.45, 7) is 0. The lowest BCUT2D eigenvalue weighted by molar-refractivity contribution is 1.09. The quantitative estimate of drug-likeness (QED) is 0.692. The van der Waals surface area contributed by atoms with Crippen molar-refractivity contribution < 1.29 is 0 Å². The van der Waals surface area contributed by atoms with E-state index in [-0.39, 0.29) is 5.28 Å². The molecule has 0 fully saturated rings. The number of benzene rings is 1.